The second-order valence-corrected chi connectivity index (χ2v) is 9.86. The van der Waals surface area contributed by atoms with E-state index in [-0.39, 0.29) is 5.75 Å². The van der Waals surface area contributed by atoms with Crippen LogP contribution in [0.1, 0.15) is 70.6 Å². The number of quaternary nitrogens is 1. The van der Waals surface area contributed by atoms with Gasteiger partial charge in [0, 0.05) is 12.2 Å². The Bertz CT molecular complexity index is 409. The van der Waals surface area contributed by atoms with Crippen molar-refractivity contribution in [2.75, 3.05) is 53.6 Å². The van der Waals surface area contributed by atoms with Crippen LogP contribution in [0.3, 0.4) is 0 Å². The molecular weight excluding hydrogens is 336 g/mol. The Balaban J connectivity index is 3.39. The summed E-state index contributed by atoms with van der Waals surface area (Å²) in [5, 5.41) is 0. The highest BCUT2D eigenvalue weighted by Crippen LogP contribution is 2.12. The summed E-state index contributed by atoms with van der Waals surface area (Å²) in [7, 11) is 4.45. The Kier molecular flexibility index (Phi) is 13.9. The van der Waals surface area contributed by atoms with Gasteiger partial charge in [0.05, 0.1) is 37.3 Å². The summed E-state index contributed by atoms with van der Waals surface area (Å²) in [4.78, 5) is 2.26. The zero-order chi connectivity index (χ0) is 19.2. The highest BCUT2D eigenvalue weighted by Gasteiger charge is 2.14. The molecule has 0 saturated heterocycles. The molecule has 0 aliphatic heterocycles. The lowest BCUT2D eigenvalue weighted by Crippen LogP contribution is -2.41. The second-order valence-electron chi connectivity index (χ2n) is 8.34. The molecule has 25 heavy (non-hydrogen) atoms. The van der Waals surface area contributed by atoms with Crippen molar-refractivity contribution in [3.63, 3.8) is 0 Å². The van der Waals surface area contributed by atoms with E-state index in [2.05, 4.69) is 33.1 Å². The van der Waals surface area contributed by atoms with Crippen LogP contribution in [0.15, 0.2) is 0 Å². The molecule has 0 aliphatic carbocycles. The highest BCUT2D eigenvalue weighted by atomic mass is 32.2. The largest absolute Gasteiger partial charge is 0.748 e. The van der Waals surface area contributed by atoms with E-state index >= 15 is 0 Å². The Hall–Kier alpha value is -0.170. The third-order valence-corrected chi connectivity index (χ3v) is 5.57. The Morgan fingerprint density at radius 2 is 1.12 bits per heavy atom. The zero-order valence-electron chi connectivity index (χ0n) is 17.1. The van der Waals surface area contributed by atoms with E-state index in [9.17, 15) is 13.0 Å². The van der Waals surface area contributed by atoms with Crippen LogP contribution in [0.5, 0.6) is 0 Å². The molecule has 0 spiro atoms. The molecular formula is C19H42N2O3S. The molecule has 0 aromatic rings. The van der Waals surface area contributed by atoms with E-state index in [1.807, 2.05) is 0 Å². The maximum Gasteiger partial charge on any atom is 0.0948 e. The molecule has 0 aromatic heterocycles. The molecule has 0 N–H and O–H groups in total. The SMILES string of the molecule is CN(C)CCCCCCCCCCCC[N+](C)(C)CCCS(=O)(=O)[O-]. The van der Waals surface area contributed by atoms with Crippen LogP contribution in [0.25, 0.3) is 0 Å². The molecule has 0 heterocycles. The van der Waals surface area contributed by atoms with Crippen LogP contribution < -0.4 is 0 Å². The second kappa shape index (κ2) is 14.0. The van der Waals surface area contributed by atoms with Crippen LogP contribution in [0.2, 0.25) is 0 Å². The number of hydrogen-bond donors (Lipinski definition) is 0. The first-order valence-electron chi connectivity index (χ1n) is 10.0. The smallest absolute Gasteiger partial charge is 0.0948 e. The third-order valence-electron chi connectivity index (χ3n) is 4.78. The van der Waals surface area contributed by atoms with Crippen LogP contribution in [0.4, 0.5) is 0 Å². The van der Waals surface area contributed by atoms with Crippen molar-refractivity contribution in [1.82, 2.24) is 4.90 Å². The topological polar surface area (TPSA) is 60.4 Å². The average Bonchev–Trinajstić information content (AvgIpc) is 2.46. The predicted octanol–water partition coefficient (Wildman–Crippen LogP) is 3.46. The first-order valence-corrected chi connectivity index (χ1v) is 11.6. The molecule has 0 unspecified atom stereocenters. The van der Waals surface area contributed by atoms with Gasteiger partial charge in [-0.05, 0) is 39.9 Å². The molecule has 5 nitrogen and oxygen atoms in total. The van der Waals surface area contributed by atoms with Gasteiger partial charge in [-0.3, -0.25) is 0 Å². The van der Waals surface area contributed by atoms with Crippen LogP contribution in [-0.2, 0) is 10.1 Å². The summed E-state index contributed by atoms with van der Waals surface area (Å²) < 4.78 is 32.7. The maximum atomic E-state index is 10.6. The molecule has 0 aliphatic rings. The quantitative estimate of drug-likeness (QED) is 0.221. The van der Waals surface area contributed by atoms with E-state index in [1.165, 1.54) is 70.8 Å². The predicted molar refractivity (Wildman–Crippen MR) is 106 cm³/mol. The van der Waals surface area contributed by atoms with Gasteiger partial charge in [0.15, 0.2) is 0 Å². The summed E-state index contributed by atoms with van der Waals surface area (Å²) in [6.07, 6.45) is 13.7. The molecule has 0 aromatic carbocycles. The fourth-order valence-electron chi connectivity index (χ4n) is 3.16. The lowest BCUT2D eigenvalue weighted by molar-refractivity contribution is -0.890. The molecule has 0 bridgehead atoms. The minimum atomic E-state index is -4.06. The van der Waals surface area contributed by atoms with Crippen LogP contribution in [-0.4, -0.2) is 75.9 Å². The van der Waals surface area contributed by atoms with E-state index < -0.39 is 10.1 Å². The first-order chi connectivity index (χ1) is 11.6. The van der Waals surface area contributed by atoms with Gasteiger partial charge in [0.2, 0.25) is 0 Å². The Labute approximate surface area is 157 Å². The monoisotopic (exact) mass is 378 g/mol. The van der Waals surface area contributed by atoms with Crippen molar-refractivity contribution in [3.05, 3.63) is 0 Å². The van der Waals surface area contributed by atoms with Crippen molar-refractivity contribution in [2.45, 2.75) is 70.6 Å². The molecule has 6 heteroatoms. The van der Waals surface area contributed by atoms with Gasteiger partial charge in [-0.1, -0.05) is 44.9 Å². The summed E-state index contributed by atoms with van der Waals surface area (Å²) in [6.45, 7) is 3.03. The van der Waals surface area contributed by atoms with Crippen LogP contribution in [0, 0.1) is 0 Å². The van der Waals surface area contributed by atoms with Gasteiger partial charge in [-0.2, -0.15) is 0 Å². The minimum absolute atomic E-state index is 0.232. The molecule has 0 amide bonds. The molecule has 0 fully saturated rings. The van der Waals surface area contributed by atoms with Gasteiger partial charge >= 0.3 is 0 Å². The molecule has 0 saturated carbocycles. The Morgan fingerprint density at radius 3 is 1.56 bits per heavy atom. The van der Waals surface area contributed by atoms with Crippen molar-refractivity contribution in [1.29, 1.82) is 0 Å². The lowest BCUT2D eigenvalue weighted by atomic mass is 10.1. The number of hydrogen-bond acceptors (Lipinski definition) is 4. The number of unbranched alkanes of at least 4 members (excludes halogenated alkanes) is 9. The van der Waals surface area contributed by atoms with E-state index in [0.29, 0.717) is 6.42 Å². The van der Waals surface area contributed by atoms with Crippen LogP contribution >= 0.6 is 0 Å². The fraction of sp³-hybridized carbons (Fsp3) is 1.00. The normalized spacial score (nSPS) is 12.9. The molecule has 0 radical (unpaired) electrons. The highest BCUT2D eigenvalue weighted by molar-refractivity contribution is 7.85. The van der Waals surface area contributed by atoms with E-state index in [1.54, 1.807) is 0 Å². The van der Waals surface area contributed by atoms with Gasteiger partial charge in [-0.25, -0.2) is 8.42 Å². The number of rotatable bonds is 17. The van der Waals surface area contributed by atoms with E-state index in [4.69, 9.17) is 0 Å². The summed E-state index contributed by atoms with van der Waals surface area (Å²) in [5.74, 6) is -0.232. The van der Waals surface area contributed by atoms with Crippen molar-refractivity contribution in [2.24, 2.45) is 0 Å². The standard InChI is InChI=1S/C19H42N2O3S/c1-20(2)16-13-11-9-7-5-6-8-10-12-14-17-21(3,4)18-15-19-25(22,23)24/h5-19H2,1-4H3. The van der Waals surface area contributed by atoms with Crippen molar-refractivity contribution >= 4 is 10.1 Å². The van der Waals surface area contributed by atoms with Gasteiger partial charge < -0.3 is 13.9 Å². The maximum absolute atomic E-state index is 10.6. The van der Waals surface area contributed by atoms with Crippen molar-refractivity contribution in [3.8, 4) is 0 Å². The molecule has 0 rings (SSSR count). The fourth-order valence-corrected chi connectivity index (χ4v) is 3.65. The zero-order valence-corrected chi connectivity index (χ0v) is 18.0. The minimum Gasteiger partial charge on any atom is -0.748 e. The van der Waals surface area contributed by atoms with Gasteiger partial charge in [-0.15, -0.1) is 0 Å². The van der Waals surface area contributed by atoms with Gasteiger partial charge in [0.25, 0.3) is 0 Å². The average molecular weight is 379 g/mol. The van der Waals surface area contributed by atoms with E-state index in [0.717, 1.165) is 17.6 Å². The molecule has 0 atom stereocenters. The lowest BCUT2D eigenvalue weighted by Gasteiger charge is -2.30. The number of nitrogens with zero attached hydrogens (tertiary/aromatic N) is 2. The summed E-state index contributed by atoms with van der Waals surface area (Å²) in [5.41, 5.74) is 0. The van der Waals surface area contributed by atoms with Gasteiger partial charge in [0.1, 0.15) is 0 Å². The Morgan fingerprint density at radius 1 is 0.720 bits per heavy atom. The summed E-state index contributed by atoms with van der Waals surface area (Å²) in [6, 6.07) is 0. The molecule has 152 valence electrons. The van der Waals surface area contributed by atoms with Crippen molar-refractivity contribution < 1.29 is 17.5 Å². The third kappa shape index (κ3) is 20.0. The first kappa shape index (κ1) is 24.8. The summed E-state index contributed by atoms with van der Waals surface area (Å²) >= 11 is 0.